The van der Waals surface area contributed by atoms with Gasteiger partial charge in [-0.2, -0.15) is 0 Å². The van der Waals surface area contributed by atoms with Gasteiger partial charge in [0.05, 0.1) is 0 Å². The molecule has 1 N–H and O–H groups in total. The van der Waals surface area contributed by atoms with Crippen LogP contribution in [0.5, 0.6) is 5.88 Å². The molecule has 1 heterocycles. The predicted octanol–water partition coefficient (Wildman–Crippen LogP) is 2.12. The molecule has 15 heavy (non-hydrogen) atoms. The Bertz CT molecular complexity index is 310. The molecule has 0 radical (unpaired) electrons. The van der Waals surface area contributed by atoms with Crippen LogP contribution in [-0.2, 0) is 6.54 Å². The molecule has 1 aromatic heterocycles. The molecule has 0 bridgehead atoms. The van der Waals surface area contributed by atoms with Gasteiger partial charge in [-0.3, -0.25) is 0 Å². The van der Waals surface area contributed by atoms with Crippen LogP contribution in [0, 0.1) is 0 Å². The van der Waals surface area contributed by atoms with Crippen LogP contribution in [0.2, 0.25) is 0 Å². The van der Waals surface area contributed by atoms with E-state index in [9.17, 15) is 0 Å². The smallest absolute Gasteiger partial charge is 0.218 e. The second-order valence-corrected chi connectivity index (χ2v) is 3.92. The molecule has 0 aromatic carbocycles. The molecule has 1 aliphatic carbocycles. The molecule has 3 heteroatoms. The van der Waals surface area contributed by atoms with Gasteiger partial charge in [0, 0.05) is 18.3 Å². The quantitative estimate of drug-likeness (QED) is 0.801. The van der Waals surface area contributed by atoms with Gasteiger partial charge >= 0.3 is 0 Å². The lowest BCUT2D eigenvalue weighted by Gasteiger charge is -2.26. The Morgan fingerprint density at radius 3 is 3.07 bits per heavy atom. The van der Waals surface area contributed by atoms with E-state index in [1.807, 2.05) is 6.07 Å². The van der Waals surface area contributed by atoms with E-state index in [1.165, 1.54) is 19.3 Å². The van der Waals surface area contributed by atoms with Crippen LogP contribution in [0.25, 0.3) is 0 Å². The Morgan fingerprint density at radius 2 is 2.40 bits per heavy atom. The summed E-state index contributed by atoms with van der Waals surface area (Å²) in [4.78, 5) is 4.29. The van der Waals surface area contributed by atoms with Crippen molar-refractivity contribution in [3.63, 3.8) is 0 Å². The van der Waals surface area contributed by atoms with Gasteiger partial charge < -0.3 is 10.1 Å². The number of ether oxygens (including phenoxy) is 1. The summed E-state index contributed by atoms with van der Waals surface area (Å²) in [5, 5.41) is 3.29. The highest BCUT2D eigenvalue weighted by Crippen LogP contribution is 2.25. The number of hydrogen-bond donors (Lipinski definition) is 1. The number of hydrogen-bond acceptors (Lipinski definition) is 3. The first kappa shape index (κ1) is 10.4. The highest BCUT2D eigenvalue weighted by Gasteiger charge is 2.20. The fraction of sp³-hybridized carbons (Fsp3) is 0.583. The number of aromatic nitrogens is 1. The van der Waals surface area contributed by atoms with Crippen molar-refractivity contribution < 1.29 is 4.74 Å². The second-order valence-electron chi connectivity index (χ2n) is 3.92. The molecule has 1 aliphatic rings. The average Bonchev–Trinajstić information content (AvgIpc) is 2.22. The van der Waals surface area contributed by atoms with E-state index in [0.717, 1.165) is 24.5 Å². The molecule has 82 valence electrons. The highest BCUT2D eigenvalue weighted by molar-refractivity contribution is 5.25. The maximum Gasteiger partial charge on any atom is 0.218 e. The van der Waals surface area contributed by atoms with Crippen molar-refractivity contribution in [3.8, 4) is 5.88 Å². The first-order valence-electron chi connectivity index (χ1n) is 5.71. The Balaban J connectivity index is 1.99. The van der Waals surface area contributed by atoms with Crippen LogP contribution in [0.3, 0.4) is 0 Å². The molecule has 0 spiro atoms. The number of pyridine rings is 1. The minimum Gasteiger partial charge on any atom is -0.474 e. The van der Waals surface area contributed by atoms with Gasteiger partial charge in [0.2, 0.25) is 5.88 Å². The third-order valence-corrected chi connectivity index (χ3v) is 2.75. The van der Waals surface area contributed by atoms with Crippen LogP contribution >= 0.6 is 0 Å². The van der Waals surface area contributed by atoms with Crippen LogP contribution in [-0.4, -0.2) is 17.6 Å². The summed E-state index contributed by atoms with van der Waals surface area (Å²) in [6.07, 6.45) is 5.85. The maximum absolute atomic E-state index is 5.83. The molecular weight excluding hydrogens is 188 g/mol. The fourth-order valence-electron chi connectivity index (χ4n) is 1.57. The molecule has 1 fully saturated rings. The number of nitrogens with one attached hydrogen (secondary N) is 1. The van der Waals surface area contributed by atoms with Crippen molar-refractivity contribution in [2.45, 2.75) is 38.8 Å². The van der Waals surface area contributed by atoms with Crippen molar-refractivity contribution in [1.29, 1.82) is 0 Å². The lowest BCUT2D eigenvalue weighted by Crippen LogP contribution is -2.26. The lowest BCUT2D eigenvalue weighted by molar-refractivity contribution is 0.113. The summed E-state index contributed by atoms with van der Waals surface area (Å²) in [7, 11) is 0. The zero-order chi connectivity index (χ0) is 10.5. The van der Waals surface area contributed by atoms with Crippen LogP contribution in [0.15, 0.2) is 18.3 Å². The Labute approximate surface area is 90.9 Å². The number of nitrogens with zero attached hydrogens (tertiary/aromatic N) is 1. The van der Waals surface area contributed by atoms with Gasteiger partial charge in [0.25, 0.3) is 0 Å². The first-order chi connectivity index (χ1) is 7.40. The molecule has 0 unspecified atom stereocenters. The average molecular weight is 206 g/mol. The minimum absolute atomic E-state index is 0.403. The lowest BCUT2D eigenvalue weighted by atomic mass is 9.96. The largest absolute Gasteiger partial charge is 0.474 e. The van der Waals surface area contributed by atoms with Crippen LogP contribution in [0.1, 0.15) is 31.7 Å². The molecule has 0 aliphatic heterocycles. The third-order valence-electron chi connectivity index (χ3n) is 2.75. The SMILES string of the molecule is CCNCc1cccnc1OC1CCC1. The Hall–Kier alpha value is -1.09. The van der Waals surface area contributed by atoms with Crippen molar-refractivity contribution in [3.05, 3.63) is 23.9 Å². The van der Waals surface area contributed by atoms with Gasteiger partial charge in [0.1, 0.15) is 6.10 Å². The van der Waals surface area contributed by atoms with Crippen molar-refractivity contribution >= 4 is 0 Å². The van der Waals surface area contributed by atoms with E-state index < -0.39 is 0 Å². The zero-order valence-electron chi connectivity index (χ0n) is 9.20. The summed E-state index contributed by atoms with van der Waals surface area (Å²) in [5.41, 5.74) is 1.16. The van der Waals surface area contributed by atoms with E-state index in [-0.39, 0.29) is 0 Å². The van der Waals surface area contributed by atoms with Crippen LogP contribution in [0.4, 0.5) is 0 Å². The summed E-state index contributed by atoms with van der Waals surface area (Å²) < 4.78 is 5.83. The molecular formula is C12H18N2O. The molecule has 0 amide bonds. The van der Waals surface area contributed by atoms with Gasteiger partial charge in [-0.15, -0.1) is 0 Å². The molecule has 0 saturated heterocycles. The summed E-state index contributed by atoms with van der Waals surface area (Å²) in [5.74, 6) is 0.808. The van der Waals surface area contributed by atoms with Gasteiger partial charge in [-0.1, -0.05) is 13.0 Å². The maximum atomic E-state index is 5.83. The van der Waals surface area contributed by atoms with Crippen molar-refractivity contribution in [2.75, 3.05) is 6.54 Å². The topological polar surface area (TPSA) is 34.2 Å². The Morgan fingerprint density at radius 1 is 1.53 bits per heavy atom. The van der Waals surface area contributed by atoms with E-state index >= 15 is 0 Å². The van der Waals surface area contributed by atoms with E-state index in [1.54, 1.807) is 6.20 Å². The predicted molar refractivity (Wildman–Crippen MR) is 59.9 cm³/mol. The van der Waals surface area contributed by atoms with Gasteiger partial charge in [-0.25, -0.2) is 4.98 Å². The normalized spacial score (nSPS) is 16.1. The van der Waals surface area contributed by atoms with Crippen LogP contribution < -0.4 is 10.1 Å². The Kier molecular flexibility index (Phi) is 3.56. The molecule has 1 saturated carbocycles. The summed E-state index contributed by atoms with van der Waals surface area (Å²) in [6, 6.07) is 4.03. The fourth-order valence-corrected chi connectivity index (χ4v) is 1.57. The monoisotopic (exact) mass is 206 g/mol. The summed E-state index contributed by atoms with van der Waals surface area (Å²) >= 11 is 0. The van der Waals surface area contributed by atoms with Gasteiger partial charge in [0.15, 0.2) is 0 Å². The molecule has 0 atom stereocenters. The molecule has 3 nitrogen and oxygen atoms in total. The first-order valence-corrected chi connectivity index (χ1v) is 5.71. The minimum atomic E-state index is 0.403. The van der Waals surface area contributed by atoms with E-state index in [2.05, 4.69) is 23.3 Å². The highest BCUT2D eigenvalue weighted by atomic mass is 16.5. The van der Waals surface area contributed by atoms with Crippen molar-refractivity contribution in [1.82, 2.24) is 10.3 Å². The summed E-state index contributed by atoms with van der Waals surface area (Å²) in [6.45, 7) is 3.91. The molecule has 2 rings (SSSR count). The van der Waals surface area contributed by atoms with E-state index in [0.29, 0.717) is 6.10 Å². The van der Waals surface area contributed by atoms with Gasteiger partial charge in [-0.05, 0) is 31.9 Å². The van der Waals surface area contributed by atoms with Crippen molar-refractivity contribution in [2.24, 2.45) is 0 Å². The zero-order valence-corrected chi connectivity index (χ0v) is 9.20. The second kappa shape index (κ2) is 5.12. The number of rotatable bonds is 5. The van der Waals surface area contributed by atoms with E-state index in [4.69, 9.17) is 4.74 Å². The molecule has 1 aromatic rings. The standard InChI is InChI=1S/C12H18N2O/c1-2-13-9-10-5-4-8-14-12(10)15-11-6-3-7-11/h4-5,8,11,13H,2-3,6-7,9H2,1H3. The third kappa shape index (κ3) is 2.69.